The molecular weight excluding hydrogens is 416 g/mol. The van der Waals surface area contributed by atoms with Crippen LogP contribution in [0.5, 0.6) is 5.75 Å². The molecule has 0 radical (unpaired) electrons. The fraction of sp³-hybridized carbons (Fsp3) is 0.214. The summed E-state index contributed by atoms with van der Waals surface area (Å²) in [5.41, 5.74) is 1.87. The molecule has 5 rings (SSSR count). The summed E-state index contributed by atoms with van der Waals surface area (Å²) in [5.74, 6) is 0.556. The topological polar surface area (TPSA) is 79.2 Å². The minimum atomic E-state index is -1.22. The summed E-state index contributed by atoms with van der Waals surface area (Å²) in [7, 11) is 0. The van der Waals surface area contributed by atoms with Crippen LogP contribution in [0.3, 0.4) is 0 Å². The van der Waals surface area contributed by atoms with E-state index in [9.17, 15) is 15.3 Å². The highest BCUT2D eigenvalue weighted by molar-refractivity contribution is 5.93. The first-order valence-electron chi connectivity index (χ1n) is 11.1. The van der Waals surface area contributed by atoms with E-state index in [1.807, 2.05) is 60.7 Å². The zero-order chi connectivity index (χ0) is 22.8. The highest BCUT2D eigenvalue weighted by atomic mass is 16.7. The predicted octanol–water partition coefficient (Wildman–Crippen LogP) is 4.37. The van der Waals surface area contributed by atoms with Gasteiger partial charge in [0.05, 0.1) is 18.8 Å². The van der Waals surface area contributed by atoms with E-state index in [-0.39, 0.29) is 13.0 Å². The van der Waals surface area contributed by atoms with Gasteiger partial charge in [-0.1, -0.05) is 84.9 Å². The molecule has 1 aliphatic rings. The first-order valence-corrected chi connectivity index (χ1v) is 11.1. The van der Waals surface area contributed by atoms with Crippen LogP contribution in [0.1, 0.15) is 17.5 Å². The minimum Gasteiger partial charge on any atom is -0.461 e. The first-order chi connectivity index (χ1) is 16.1. The summed E-state index contributed by atoms with van der Waals surface area (Å²) >= 11 is 0. The van der Waals surface area contributed by atoms with E-state index in [1.54, 1.807) is 0 Å². The zero-order valence-corrected chi connectivity index (χ0v) is 18.0. The van der Waals surface area contributed by atoms with Crippen molar-refractivity contribution < 1.29 is 24.8 Å². The molecule has 4 aromatic carbocycles. The van der Waals surface area contributed by atoms with Crippen molar-refractivity contribution in [1.82, 2.24) is 0 Å². The van der Waals surface area contributed by atoms with Crippen molar-refractivity contribution in [2.45, 2.75) is 31.0 Å². The van der Waals surface area contributed by atoms with Gasteiger partial charge in [0.1, 0.15) is 11.9 Å². The van der Waals surface area contributed by atoms with E-state index in [0.29, 0.717) is 5.75 Å². The van der Waals surface area contributed by atoms with Gasteiger partial charge in [-0.05, 0) is 27.8 Å². The van der Waals surface area contributed by atoms with Crippen molar-refractivity contribution in [3.63, 3.8) is 0 Å². The van der Waals surface area contributed by atoms with Crippen molar-refractivity contribution in [1.29, 1.82) is 0 Å². The average molecular weight is 443 g/mol. The number of rotatable bonds is 5. The molecule has 0 aliphatic carbocycles. The van der Waals surface area contributed by atoms with Crippen LogP contribution in [0.15, 0.2) is 78.9 Å². The molecule has 5 nitrogen and oxygen atoms in total. The quantitative estimate of drug-likeness (QED) is 0.400. The predicted molar refractivity (Wildman–Crippen MR) is 130 cm³/mol. The molecule has 0 amide bonds. The van der Waals surface area contributed by atoms with Crippen LogP contribution < -0.4 is 4.74 Å². The molecule has 168 valence electrons. The zero-order valence-electron chi connectivity index (χ0n) is 18.0. The molecule has 3 N–H and O–H groups in total. The van der Waals surface area contributed by atoms with Gasteiger partial charge >= 0.3 is 0 Å². The van der Waals surface area contributed by atoms with Crippen LogP contribution >= 0.6 is 0 Å². The van der Waals surface area contributed by atoms with E-state index >= 15 is 0 Å². The summed E-state index contributed by atoms with van der Waals surface area (Å²) < 4.78 is 11.9. The molecule has 1 aliphatic heterocycles. The molecule has 1 saturated heterocycles. The molecule has 0 saturated carbocycles. The Hall–Kier alpha value is -3.22. The number of fused-ring (bicyclic) bond motifs is 2. The standard InChI is InChI=1S/C28H26O5/c29-17-23-16-25(30)26(31)28(32-23)33-27-21(14-13-20-6-3-4-8-24(20)27)12-10-18-9-11-19-5-1-2-7-22(19)15-18/h1-15,23,25-26,28-31H,16-17H2/b12-10+/t23-,25-,26+,28-/m0/s1. The molecule has 33 heavy (non-hydrogen) atoms. The SMILES string of the molecule is OC[C@@H]1C[C@H](O)[C@@H](O)[C@H](Oc2c(/C=C/c3ccc4ccccc4c3)ccc3ccccc23)O1. The lowest BCUT2D eigenvalue weighted by atomic mass is 10.0. The third-order valence-electron chi connectivity index (χ3n) is 6.08. The molecule has 0 bridgehead atoms. The molecular formula is C28H26O5. The normalized spacial score (nSPS) is 23.4. The number of ether oxygens (including phenoxy) is 2. The smallest absolute Gasteiger partial charge is 0.229 e. The Balaban J connectivity index is 1.52. The van der Waals surface area contributed by atoms with Crippen molar-refractivity contribution in [2.24, 2.45) is 0 Å². The van der Waals surface area contributed by atoms with E-state index in [2.05, 4.69) is 30.3 Å². The number of hydrogen-bond acceptors (Lipinski definition) is 5. The Morgan fingerprint density at radius 3 is 2.39 bits per heavy atom. The van der Waals surface area contributed by atoms with Gasteiger partial charge in [-0.3, -0.25) is 0 Å². The van der Waals surface area contributed by atoms with Gasteiger partial charge in [0.25, 0.3) is 0 Å². The van der Waals surface area contributed by atoms with Gasteiger partial charge in [0.15, 0.2) is 0 Å². The maximum Gasteiger partial charge on any atom is 0.229 e. The molecule has 4 aromatic rings. The third-order valence-corrected chi connectivity index (χ3v) is 6.08. The van der Waals surface area contributed by atoms with Gasteiger partial charge in [0.2, 0.25) is 6.29 Å². The van der Waals surface area contributed by atoms with Crippen LogP contribution in [0.4, 0.5) is 0 Å². The van der Waals surface area contributed by atoms with Crippen LogP contribution in [0.25, 0.3) is 33.7 Å². The maximum absolute atomic E-state index is 10.5. The molecule has 0 aromatic heterocycles. The number of aliphatic hydroxyl groups excluding tert-OH is 3. The van der Waals surface area contributed by atoms with Crippen molar-refractivity contribution in [2.75, 3.05) is 6.61 Å². The van der Waals surface area contributed by atoms with Crippen molar-refractivity contribution >= 4 is 33.7 Å². The van der Waals surface area contributed by atoms with Crippen molar-refractivity contribution in [3.05, 3.63) is 90.0 Å². The maximum atomic E-state index is 10.5. The fourth-order valence-electron chi connectivity index (χ4n) is 4.27. The molecule has 5 heteroatoms. The molecule has 1 fully saturated rings. The molecule has 0 spiro atoms. The van der Waals surface area contributed by atoms with Gasteiger partial charge < -0.3 is 24.8 Å². The second-order valence-electron chi connectivity index (χ2n) is 8.37. The van der Waals surface area contributed by atoms with Crippen molar-refractivity contribution in [3.8, 4) is 5.75 Å². The largest absolute Gasteiger partial charge is 0.461 e. The van der Waals surface area contributed by atoms with Gasteiger partial charge in [-0.15, -0.1) is 0 Å². The van der Waals surface area contributed by atoms with Gasteiger partial charge in [-0.2, -0.15) is 0 Å². The fourth-order valence-corrected chi connectivity index (χ4v) is 4.27. The second-order valence-corrected chi connectivity index (χ2v) is 8.37. The Morgan fingerprint density at radius 1 is 0.848 bits per heavy atom. The first kappa shape index (κ1) is 21.6. The van der Waals surface area contributed by atoms with Crippen LogP contribution in [0, 0.1) is 0 Å². The lowest BCUT2D eigenvalue weighted by Gasteiger charge is -2.36. The van der Waals surface area contributed by atoms with Crippen LogP contribution in [-0.2, 0) is 4.74 Å². The second kappa shape index (κ2) is 9.33. The lowest BCUT2D eigenvalue weighted by molar-refractivity contribution is -0.240. The highest BCUT2D eigenvalue weighted by Gasteiger charge is 2.38. The van der Waals surface area contributed by atoms with Crippen LogP contribution in [0.2, 0.25) is 0 Å². The molecule has 4 atom stereocenters. The highest BCUT2D eigenvalue weighted by Crippen LogP contribution is 2.34. The molecule has 0 unspecified atom stereocenters. The summed E-state index contributed by atoms with van der Waals surface area (Å²) in [6, 6.07) is 26.3. The van der Waals surface area contributed by atoms with Gasteiger partial charge in [0, 0.05) is 17.4 Å². The van der Waals surface area contributed by atoms with E-state index < -0.39 is 24.6 Å². The monoisotopic (exact) mass is 442 g/mol. The Bertz CT molecular complexity index is 1300. The van der Waals surface area contributed by atoms with E-state index in [4.69, 9.17) is 9.47 Å². The number of hydrogen-bond donors (Lipinski definition) is 3. The summed E-state index contributed by atoms with van der Waals surface area (Å²) in [6.45, 7) is -0.256. The Labute approximate surface area is 192 Å². The Kier molecular flexibility index (Phi) is 6.11. The summed E-state index contributed by atoms with van der Waals surface area (Å²) in [6.07, 6.45) is 0.205. The van der Waals surface area contributed by atoms with Gasteiger partial charge in [-0.25, -0.2) is 0 Å². The lowest BCUT2D eigenvalue weighted by Crippen LogP contribution is -2.51. The van der Waals surface area contributed by atoms with Crippen LogP contribution in [-0.4, -0.2) is 46.5 Å². The molecule has 1 heterocycles. The number of benzene rings is 4. The number of aliphatic hydroxyl groups is 3. The Morgan fingerprint density at radius 2 is 1.58 bits per heavy atom. The van der Waals surface area contributed by atoms with E-state index in [1.165, 1.54) is 5.39 Å². The minimum absolute atomic E-state index is 0.155. The average Bonchev–Trinajstić information content (AvgIpc) is 2.85. The third kappa shape index (κ3) is 4.49. The van der Waals surface area contributed by atoms with E-state index in [0.717, 1.165) is 27.3 Å². The summed E-state index contributed by atoms with van der Waals surface area (Å²) in [5, 5.41) is 34.4. The summed E-state index contributed by atoms with van der Waals surface area (Å²) in [4.78, 5) is 0.